The third-order valence-corrected chi connectivity index (χ3v) is 5.07. The lowest BCUT2D eigenvalue weighted by atomic mass is 9.97. The van der Waals surface area contributed by atoms with Crippen molar-refractivity contribution in [2.75, 3.05) is 0 Å². The predicted molar refractivity (Wildman–Crippen MR) is 95.9 cm³/mol. The minimum atomic E-state index is -0.278. The molecule has 0 spiro atoms. The van der Waals surface area contributed by atoms with Gasteiger partial charge in [-0.2, -0.15) is 0 Å². The molecule has 7 heteroatoms. The second-order valence-corrected chi connectivity index (χ2v) is 6.61. The monoisotopic (exact) mass is 353 g/mol. The summed E-state index contributed by atoms with van der Waals surface area (Å²) in [7, 11) is 0. The second kappa shape index (κ2) is 5.13. The van der Waals surface area contributed by atoms with Crippen molar-refractivity contribution in [2.45, 2.75) is 18.5 Å². The van der Waals surface area contributed by atoms with Crippen LogP contribution in [0.2, 0.25) is 5.02 Å². The number of hydrogen-bond acceptors (Lipinski definition) is 3. The predicted octanol–water partition coefficient (Wildman–Crippen LogP) is 3.61. The molecule has 0 fully saturated rings. The zero-order chi connectivity index (χ0) is 17.1. The van der Waals surface area contributed by atoms with E-state index >= 15 is 0 Å². The van der Waals surface area contributed by atoms with Crippen molar-refractivity contribution in [3.63, 3.8) is 0 Å². The van der Waals surface area contributed by atoms with Crippen molar-refractivity contribution < 1.29 is 4.39 Å². The van der Waals surface area contributed by atoms with Gasteiger partial charge in [-0.3, -0.25) is 4.99 Å². The van der Waals surface area contributed by atoms with E-state index < -0.39 is 0 Å². The summed E-state index contributed by atoms with van der Waals surface area (Å²) in [4.78, 5) is 13.6. The molecule has 2 unspecified atom stereocenters. The third kappa shape index (κ3) is 1.97. The highest BCUT2D eigenvalue weighted by Crippen LogP contribution is 2.47. The van der Waals surface area contributed by atoms with Crippen LogP contribution in [-0.2, 0) is 0 Å². The van der Waals surface area contributed by atoms with Gasteiger partial charge in [0.25, 0.3) is 0 Å². The van der Waals surface area contributed by atoms with Crippen LogP contribution in [0.5, 0.6) is 0 Å². The van der Waals surface area contributed by atoms with Crippen LogP contribution in [0.15, 0.2) is 46.4 Å². The minimum absolute atomic E-state index is 0.193. The zero-order valence-corrected chi connectivity index (χ0v) is 13.8. The molecule has 25 heavy (non-hydrogen) atoms. The van der Waals surface area contributed by atoms with E-state index in [0.717, 1.165) is 16.9 Å². The largest absolute Gasteiger partial charge is 0.390 e. The summed E-state index contributed by atoms with van der Waals surface area (Å²) in [5.41, 5.74) is 8.44. The van der Waals surface area contributed by atoms with Gasteiger partial charge in [0.2, 0.25) is 0 Å². The number of nitrogens with two attached hydrogens (primary N) is 1. The molecule has 124 valence electrons. The Morgan fingerprint density at radius 1 is 1.32 bits per heavy atom. The SMILES string of the molecule is NC=NC1=NC2CC(c3c(F)cccc31)n1c2nc2ccc(Cl)cc21. The van der Waals surface area contributed by atoms with Crippen molar-refractivity contribution in [1.29, 1.82) is 0 Å². The van der Waals surface area contributed by atoms with Gasteiger partial charge in [-0.25, -0.2) is 14.4 Å². The normalized spacial score (nSPS) is 21.3. The van der Waals surface area contributed by atoms with Crippen molar-refractivity contribution in [3.8, 4) is 0 Å². The van der Waals surface area contributed by atoms with Crippen LogP contribution in [0.4, 0.5) is 4.39 Å². The van der Waals surface area contributed by atoms with E-state index in [-0.39, 0.29) is 17.9 Å². The van der Waals surface area contributed by atoms with Crippen molar-refractivity contribution in [3.05, 3.63) is 64.2 Å². The molecule has 5 nitrogen and oxygen atoms in total. The summed E-state index contributed by atoms with van der Waals surface area (Å²) in [6.07, 6.45) is 1.83. The molecule has 2 bridgehead atoms. The smallest absolute Gasteiger partial charge is 0.157 e. The van der Waals surface area contributed by atoms with Crippen LogP contribution in [0.25, 0.3) is 11.0 Å². The van der Waals surface area contributed by atoms with E-state index in [4.69, 9.17) is 27.3 Å². The van der Waals surface area contributed by atoms with Crippen LogP contribution in [0, 0.1) is 5.82 Å². The van der Waals surface area contributed by atoms with Gasteiger partial charge in [0.15, 0.2) is 5.84 Å². The number of fused-ring (bicyclic) bond motifs is 9. The minimum Gasteiger partial charge on any atom is -0.390 e. The van der Waals surface area contributed by atoms with E-state index in [1.807, 2.05) is 18.2 Å². The number of benzene rings is 2. The van der Waals surface area contributed by atoms with E-state index in [2.05, 4.69) is 9.56 Å². The summed E-state index contributed by atoms with van der Waals surface area (Å²) in [6.45, 7) is 0. The molecule has 2 N–H and O–H groups in total. The number of hydrogen-bond donors (Lipinski definition) is 1. The van der Waals surface area contributed by atoms with Gasteiger partial charge in [-0.05, 0) is 24.3 Å². The first-order valence-electron chi connectivity index (χ1n) is 7.95. The molecule has 0 saturated carbocycles. The number of amidine groups is 1. The summed E-state index contributed by atoms with van der Waals surface area (Å²) in [6, 6.07) is 10.1. The Kier molecular flexibility index (Phi) is 3.00. The molecular formula is C18H13ClFN5. The Morgan fingerprint density at radius 3 is 3.04 bits per heavy atom. The summed E-state index contributed by atoms with van der Waals surface area (Å²) in [5.74, 6) is 0.974. The Morgan fingerprint density at radius 2 is 2.20 bits per heavy atom. The van der Waals surface area contributed by atoms with Crippen molar-refractivity contribution in [1.82, 2.24) is 9.55 Å². The number of imidazole rings is 1. The highest BCUT2D eigenvalue weighted by molar-refractivity contribution is 6.31. The lowest BCUT2D eigenvalue weighted by Crippen LogP contribution is -2.14. The van der Waals surface area contributed by atoms with Crippen LogP contribution in [-0.4, -0.2) is 21.7 Å². The lowest BCUT2D eigenvalue weighted by molar-refractivity contribution is 0.544. The van der Waals surface area contributed by atoms with Crippen LogP contribution in [0.3, 0.4) is 0 Å². The van der Waals surface area contributed by atoms with Gasteiger partial charge >= 0.3 is 0 Å². The molecule has 1 aromatic heterocycles. The van der Waals surface area contributed by atoms with E-state index in [9.17, 15) is 4.39 Å². The molecule has 2 aliphatic heterocycles. The fourth-order valence-electron chi connectivity index (χ4n) is 3.89. The van der Waals surface area contributed by atoms with Crippen molar-refractivity contribution >= 4 is 34.8 Å². The molecule has 0 aliphatic carbocycles. The fourth-order valence-corrected chi connectivity index (χ4v) is 4.05. The summed E-state index contributed by atoms with van der Waals surface area (Å²) < 4.78 is 16.9. The molecule has 0 radical (unpaired) electrons. The quantitative estimate of drug-likeness (QED) is 0.495. The number of nitrogens with zero attached hydrogens (tertiary/aromatic N) is 4. The van der Waals surface area contributed by atoms with E-state index in [1.165, 1.54) is 12.4 Å². The Balaban J connectivity index is 1.87. The average Bonchev–Trinajstić information content (AvgIpc) is 3.06. The Labute approximate surface area is 147 Å². The molecule has 3 heterocycles. The molecule has 5 rings (SSSR count). The number of aromatic nitrogens is 2. The topological polar surface area (TPSA) is 68.6 Å². The average molecular weight is 354 g/mol. The molecule has 3 aromatic rings. The summed E-state index contributed by atoms with van der Waals surface area (Å²) in [5, 5.41) is 0.625. The van der Waals surface area contributed by atoms with E-state index in [1.54, 1.807) is 12.1 Å². The molecule has 2 atom stereocenters. The van der Waals surface area contributed by atoms with Crippen LogP contribution in [0.1, 0.15) is 35.5 Å². The zero-order valence-electron chi connectivity index (χ0n) is 13.0. The highest BCUT2D eigenvalue weighted by atomic mass is 35.5. The first-order chi connectivity index (χ1) is 12.2. The number of halogens is 2. The molecule has 0 amide bonds. The van der Waals surface area contributed by atoms with Crippen molar-refractivity contribution in [2.24, 2.45) is 15.7 Å². The maximum absolute atomic E-state index is 14.8. The Hall–Kier alpha value is -2.73. The maximum atomic E-state index is 14.8. The maximum Gasteiger partial charge on any atom is 0.157 e. The fraction of sp³-hybridized carbons (Fsp3) is 0.167. The van der Waals surface area contributed by atoms with Gasteiger partial charge < -0.3 is 10.3 Å². The summed E-state index contributed by atoms with van der Waals surface area (Å²) >= 11 is 6.17. The van der Waals surface area contributed by atoms with Crippen LogP contribution >= 0.6 is 11.6 Å². The second-order valence-electron chi connectivity index (χ2n) is 6.17. The molecule has 2 aliphatic rings. The van der Waals surface area contributed by atoms with Gasteiger partial charge in [-0.15, -0.1) is 0 Å². The van der Waals surface area contributed by atoms with E-state index in [0.29, 0.717) is 28.4 Å². The molecular weight excluding hydrogens is 341 g/mol. The molecule has 2 aromatic carbocycles. The number of aliphatic imine (C=N–C) groups is 2. The van der Waals surface area contributed by atoms with Gasteiger partial charge in [0, 0.05) is 22.6 Å². The van der Waals surface area contributed by atoms with Gasteiger partial charge in [0.05, 0.1) is 23.4 Å². The Bertz CT molecular complexity index is 1080. The number of rotatable bonds is 0. The van der Waals surface area contributed by atoms with Gasteiger partial charge in [-0.1, -0.05) is 23.7 Å². The standard InChI is InChI=1S/C18H13ClFN5/c19-9-4-5-12-14(6-9)25-15-7-13(18(25)24-12)23-17(22-8-21)10-2-1-3-11(20)16(10)15/h1-6,8,13,15H,7H2,(H2,21,22,23). The first kappa shape index (κ1) is 14.6. The van der Waals surface area contributed by atoms with Gasteiger partial charge in [0.1, 0.15) is 17.7 Å². The lowest BCUT2D eigenvalue weighted by Gasteiger charge is -2.18. The molecule has 0 saturated heterocycles. The first-order valence-corrected chi connectivity index (χ1v) is 8.33. The van der Waals surface area contributed by atoms with Crippen LogP contribution < -0.4 is 5.73 Å². The third-order valence-electron chi connectivity index (χ3n) is 4.84. The highest BCUT2D eigenvalue weighted by Gasteiger charge is 2.40.